The van der Waals surface area contributed by atoms with E-state index in [1.54, 1.807) is 24.1 Å². The van der Waals surface area contributed by atoms with Crippen molar-refractivity contribution in [2.24, 2.45) is 0 Å². The number of nitrogens with one attached hydrogen (secondary N) is 1. The van der Waals surface area contributed by atoms with E-state index in [1.165, 1.54) is 6.07 Å². The number of amides is 1. The van der Waals surface area contributed by atoms with Crippen molar-refractivity contribution >= 4 is 5.91 Å². The summed E-state index contributed by atoms with van der Waals surface area (Å²) in [5, 5.41) is 22.0. The molecule has 0 aliphatic carbocycles. The van der Waals surface area contributed by atoms with Gasteiger partial charge in [-0.05, 0) is 12.5 Å². The predicted molar refractivity (Wildman–Crippen MR) is 62.7 cm³/mol. The van der Waals surface area contributed by atoms with Gasteiger partial charge in [0.15, 0.2) is 11.5 Å². The molecule has 1 heterocycles. The van der Waals surface area contributed by atoms with Crippen LogP contribution in [-0.2, 0) is 11.3 Å². The van der Waals surface area contributed by atoms with E-state index in [1.807, 2.05) is 0 Å². The number of likely N-dealkylation sites (N-methyl/N-ethyl adjacent to an activating group) is 1. The van der Waals surface area contributed by atoms with Gasteiger partial charge < -0.3 is 20.4 Å². The number of carbonyl (C=O) groups excluding carboxylic acids is 1. The number of likely N-dealkylation sites (tertiary alicyclic amines) is 1. The van der Waals surface area contributed by atoms with Gasteiger partial charge in [0.1, 0.15) is 0 Å². The summed E-state index contributed by atoms with van der Waals surface area (Å²) in [7, 11) is 1.77. The Morgan fingerprint density at radius 2 is 2.24 bits per heavy atom. The van der Waals surface area contributed by atoms with Crippen molar-refractivity contribution in [3.05, 3.63) is 23.8 Å². The first-order valence-electron chi connectivity index (χ1n) is 5.58. The molecule has 1 aliphatic heterocycles. The van der Waals surface area contributed by atoms with Crippen LogP contribution in [0.15, 0.2) is 18.2 Å². The van der Waals surface area contributed by atoms with E-state index in [0.29, 0.717) is 12.1 Å². The van der Waals surface area contributed by atoms with Gasteiger partial charge in [0.2, 0.25) is 5.91 Å². The lowest BCUT2D eigenvalue weighted by atomic mass is 10.1. The Hall–Kier alpha value is -1.75. The molecule has 5 heteroatoms. The fraction of sp³-hybridized carbons (Fsp3) is 0.417. The van der Waals surface area contributed by atoms with Crippen LogP contribution in [0.3, 0.4) is 0 Å². The van der Waals surface area contributed by atoms with Crippen LogP contribution in [0.2, 0.25) is 0 Å². The first-order chi connectivity index (χ1) is 8.09. The zero-order valence-corrected chi connectivity index (χ0v) is 9.68. The lowest BCUT2D eigenvalue weighted by Gasteiger charge is -2.13. The minimum absolute atomic E-state index is 0.0737. The Morgan fingerprint density at radius 3 is 2.88 bits per heavy atom. The molecule has 1 unspecified atom stereocenters. The van der Waals surface area contributed by atoms with Crippen molar-refractivity contribution in [2.45, 2.75) is 19.0 Å². The molecule has 1 fully saturated rings. The predicted octanol–water partition coefficient (Wildman–Crippen LogP) is 0.418. The maximum Gasteiger partial charge on any atom is 0.239 e. The Labute approximate surface area is 99.7 Å². The largest absolute Gasteiger partial charge is 0.504 e. The lowest BCUT2D eigenvalue weighted by molar-refractivity contribution is -0.128. The van der Waals surface area contributed by atoms with Gasteiger partial charge in [-0.3, -0.25) is 4.79 Å². The number of aromatic hydroxyl groups is 2. The van der Waals surface area contributed by atoms with Gasteiger partial charge in [-0.25, -0.2) is 0 Å². The second-order valence-electron chi connectivity index (χ2n) is 4.27. The van der Waals surface area contributed by atoms with E-state index in [0.717, 1.165) is 13.0 Å². The Balaban J connectivity index is 1.99. The summed E-state index contributed by atoms with van der Waals surface area (Å²) >= 11 is 0. The van der Waals surface area contributed by atoms with Crippen molar-refractivity contribution in [3.8, 4) is 11.5 Å². The van der Waals surface area contributed by atoms with Gasteiger partial charge in [-0.15, -0.1) is 0 Å². The molecular formula is C12H16N2O3. The van der Waals surface area contributed by atoms with E-state index >= 15 is 0 Å². The van der Waals surface area contributed by atoms with Crippen molar-refractivity contribution in [2.75, 3.05) is 13.6 Å². The molecule has 0 radical (unpaired) electrons. The van der Waals surface area contributed by atoms with Gasteiger partial charge in [0, 0.05) is 25.7 Å². The number of nitrogens with zero attached hydrogens (tertiary/aromatic N) is 1. The molecule has 5 nitrogen and oxygen atoms in total. The van der Waals surface area contributed by atoms with E-state index in [9.17, 15) is 15.0 Å². The summed E-state index contributed by atoms with van der Waals surface area (Å²) in [6.07, 6.45) is 0.773. The minimum atomic E-state index is -0.193. The highest BCUT2D eigenvalue weighted by Crippen LogP contribution is 2.28. The number of carbonyl (C=O) groups is 1. The Kier molecular flexibility index (Phi) is 3.19. The molecule has 2 rings (SSSR count). The summed E-state index contributed by atoms with van der Waals surface area (Å²) in [6.45, 7) is 1.12. The number of benzene rings is 1. The molecule has 0 aromatic heterocycles. The first-order valence-corrected chi connectivity index (χ1v) is 5.58. The third kappa shape index (κ3) is 2.34. The van der Waals surface area contributed by atoms with Gasteiger partial charge in [-0.1, -0.05) is 12.1 Å². The third-order valence-electron chi connectivity index (χ3n) is 3.06. The van der Waals surface area contributed by atoms with Gasteiger partial charge >= 0.3 is 0 Å². The Morgan fingerprint density at radius 1 is 1.47 bits per heavy atom. The van der Waals surface area contributed by atoms with Crippen LogP contribution in [0.4, 0.5) is 0 Å². The van der Waals surface area contributed by atoms with Crippen LogP contribution in [0, 0.1) is 0 Å². The second kappa shape index (κ2) is 4.63. The molecule has 1 amide bonds. The third-order valence-corrected chi connectivity index (χ3v) is 3.06. The summed E-state index contributed by atoms with van der Waals surface area (Å²) in [4.78, 5) is 13.3. The fourth-order valence-electron chi connectivity index (χ4n) is 1.97. The monoisotopic (exact) mass is 236 g/mol. The van der Waals surface area contributed by atoms with Crippen molar-refractivity contribution in [1.29, 1.82) is 0 Å². The average molecular weight is 236 g/mol. The van der Waals surface area contributed by atoms with Crippen LogP contribution in [0.5, 0.6) is 11.5 Å². The SMILES string of the molecule is CN1CCC(NCc2cccc(O)c2O)C1=O. The molecule has 3 N–H and O–H groups in total. The van der Waals surface area contributed by atoms with E-state index in [2.05, 4.69) is 5.32 Å². The van der Waals surface area contributed by atoms with Gasteiger partial charge in [0.25, 0.3) is 0 Å². The fourth-order valence-corrected chi connectivity index (χ4v) is 1.97. The maximum atomic E-state index is 11.6. The van der Waals surface area contributed by atoms with Crippen LogP contribution < -0.4 is 5.32 Å². The van der Waals surface area contributed by atoms with Crippen molar-refractivity contribution < 1.29 is 15.0 Å². The number of hydrogen-bond acceptors (Lipinski definition) is 4. The average Bonchev–Trinajstić information content (AvgIpc) is 2.62. The normalized spacial score (nSPS) is 19.9. The van der Waals surface area contributed by atoms with Crippen molar-refractivity contribution in [3.63, 3.8) is 0 Å². The van der Waals surface area contributed by atoms with Gasteiger partial charge in [0.05, 0.1) is 6.04 Å². The molecule has 17 heavy (non-hydrogen) atoms. The van der Waals surface area contributed by atoms with Crippen LogP contribution in [0.1, 0.15) is 12.0 Å². The smallest absolute Gasteiger partial charge is 0.239 e. The van der Waals surface area contributed by atoms with Gasteiger partial charge in [-0.2, -0.15) is 0 Å². The molecule has 0 bridgehead atoms. The number of para-hydroxylation sites is 1. The van der Waals surface area contributed by atoms with Crippen molar-refractivity contribution in [1.82, 2.24) is 10.2 Å². The number of phenolic OH excluding ortho intramolecular Hbond substituents is 2. The molecule has 1 saturated heterocycles. The van der Waals surface area contributed by atoms with E-state index in [4.69, 9.17) is 0 Å². The number of rotatable bonds is 3. The maximum absolute atomic E-state index is 11.6. The molecule has 0 spiro atoms. The van der Waals surface area contributed by atoms with E-state index < -0.39 is 0 Å². The van der Waals surface area contributed by atoms with Crippen LogP contribution in [0.25, 0.3) is 0 Å². The quantitative estimate of drug-likeness (QED) is 0.665. The zero-order valence-electron chi connectivity index (χ0n) is 9.68. The Bertz CT molecular complexity index is 434. The first kappa shape index (κ1) is 11.7. The zero-order chi connectivity index (χ0) is 12.4. The molecule has 1 aromatic rings. The number of phenols is 2. The summed E-state index contributed by atoms with van der Waals surface area (Å²) < 4.78 is 0. The summed E-state index contributed by atoms with van der Waals surface area (Å²) in [5.74, 6) is -0.192. The molecule has 0 saturated carbocycles. The molecule has 1 aliphatic rings. The number of hydrogen-bond donors (Lipinski definition) is 3. The second-order valence-corrected chi connectivity index (χ2v) is 4.27. The molecule has 92 valence electrons. The van der Waals surface area contributed by atoms with E-state index in [-0.39, 0.29) is 23.4 Å². The van der Waals surface area contributed by atoms with Crippen LogP contribution in [-0.4, -0.2) is 40.7 Å². The topological polar surface area (TPSA) is 72.8 Å². The van der Waals surface area contributed by atoms with Crippen LogP contribution >= 0.6 is 0 Å². The molecule has 1 aromatic carbocycles. The summed E-state index contributed by atoms with van der Waals surface area (Å²) in [6, 6.07) is 4.61. The molecular weight excluding hydrogens is 220 g/mol. The summed E-state index contributed by atoms with van der Waals surface area (Å²) in [5.41, 5.74) is 0.590. The molecule has 1 atom stereocenters. The minimum Gasteiger partial charge on any atom is -0.504 e. The highest BCUT2D eigenvalue weighted by Gasteiger charge is 2.28. The highest BCUT2D eigenvalue weighted by atomic mass is 16.3. The highest BCUT2D eigenvalue weighted by molar-refractivity contribution is 5.83. The lowest BCUT2D eigenvalue weighted by Crippen LogP contribution is -2.36. The standard InChI is InChI=1S/C12H16N2O3/c1-14-6-5-9(12(14)17)13-7-8-3-2-4-10(15)11(8)16/h2-4,9,13,15-16H,5-7H2,1H3.